The molecule has 2 unspecified atom stereocenters. The first kappa shape index (κ1) is 11.9. The summed E-state index contributed by atoms with van der Waals surface area (Å²) in [5.41, 5.74) is 0. The van der Waals surface area contributed by atoms with E-state index in [1.807, 2.05) is 6.92 Å². The van der Waals surface area contributed by atoms with Gasteiger partial charge in [0.2, 0.25) is 5.91 Å². The van der Waals surface area contributed by atoms with E-state index >= 15 is 0 Å². The number of hydrogen-bond donors (Lipinski definition) is 1. The van der Waals surface area contributed by atoms with Gasteiger partial charge in [0.15, 0.2) is 0 Å². The van der Waals surface area contributed by atoms with E-state index in [9.17, 15) is 4.79 Å². The van der Waals surface area contributed by atoms with Gasteiger partial charge in [-0.2, -0.15) is 0 Å². The van der Waals surface area contributed by atoms with E-state index in [1.54, 1.807) is 0 Å². The third-order valence-electron chi connectivity index (χ3n) is 1.81. The number of halogens is 1. The SMILES string of the molecule is CCC(C)CC(=O)NCC(C)Br. The molecule has 1 amide bonds. The Morgan fingerprint density at radius 2 is 2.08 bits per heavy atom. The highest BCUT2D eigenvalue weighted by atomic mass is 79.9. The predicted molar refractivity (Wildman–Crippen MR) is 55.5 cm³/mol. The van der Waals surface area contributed by atoms with Crippen molar-refractivity contribution >= 4 is 21.8 Å². The molecule has 0 radical (unpaired) electrons. The topological polar surface area (TPSA) is 29.1 Å². The lowest BCUT2D eigenvalue weighted by atomic mass is 10.1. The maximum absolute atomic E-state index is 11.2. The van der Waals surface area contributed by atoms with Gasteiger partial charge in [0.1, 0.15) is 0 Å². The third kappa shape index (κ3) is 6.65. The molecule has 0 aliphatic heterocycles. The molecule has 0 fully saturated rings. The highest BCUT2D eigenvalue weighted by molar-refractivity contribution is 9.09. The fraction of sp³-hybridized carbons (Fsp3) is 0.889. The van der Waals surface area contributed by atoms with Gasteiger partial charge >= 0.3 is 0 Å². The average Bonchev–Trinajstić information content (AvgIpc) is 2.00. The van der Waals surface area contributed by atoms with Crippen LogP contribution in [0.5, 0.6) is 0 Å². The molecular formula is C9H18BrNO. The molecule has 0 rings (SSSR count). The second-order valence-corrected chi connectivity index (χ2v) is 4.87. The van der Waals surface area contributed by atoms with Crippen LogP contribution >= 0.6 is 15.9 Å². The molecule has 0 aliphatic rings. The van der Waals surface area contributed by atoms with Crippen LogP contribution < -0.4 is 5.32 Å². The van der Waals surface area contributed by atoms with Crippen LogP contribution in [0.2, 0.25) is 0 Å². The Balaban J connectivity index is 3.46. The first-order valence-corrected chi connectivity index (χ1v) is 5.38. The lowest BCUT2D eigenvalue weighted by Gasteiger charge is -2.09. The van der Waals surface area contributed by atoms with Gasteiger partial charge < -0.3 is 5.32 Å². The van der Waals surface area contributed by atoms with Crippen LogP contribution in [0.1, 0.15) is 33.6 Å². The lowest BCUT2D eigenvalue weighted by Crippen LogP contribution is -2.29. The van der Waals surface area contributed by atoms with Crippen LogP contribution in [0.25, 0.3) is 0 Å². The van der Waals surface area contributed by atoms with Crippen molar-refractivity contribution in [3.63, 3.8) is 0 Å². The van der Waals surface area contributed by atoms with Crippen LogP contribution in [-0.4, -0.2) is 17.3 Å². The van der Waals surface area contributed by atoms with Gasteiger partial charge in [-0.3, -0.25) is 4.79 Å². The van der Waals surface area contributed by atoms with E-state index in [0.717, 1.165) is 13.0 Å². The van der Waals surface area contributed by atoms with Gasteiger partial charge in [0.05, 0.1) is 0 Å². The van der Waals surface area contributed by atoms with Gasteiger partial charge in [-0.15, -0.1) is 0 Å². The summed E-state index contributed by atoms with van der Waals surface area (Å²) >= 11 is 3.37. The second kappa shape index (κ2) is 6.46. The summed E-state index contributed by atoms with van der Waals surface area (Å²) < 4.78 is 0. The number of nitrogens with one attached hydrogen (secondary N) is 1. The first-order chi connectivity index (χ1) is 5.56. The zero-order valence-electron chi connectivity index (χ0n) is 8.06. The molecule has 0 saturated carbocycles. The minimum atomic E-state index is 0.163. The summed E-state index contributed by atoms with van der Waals surface area (Å²) in [5, 5.41) is 2.86. The molecule has 0 heterocycles. The molecule has 3 heteroatoms. The van der Waals surface area contributed by atoms with Crippen molar-refractivity contribution in [1.29, 1.82) is 0 Å². The summed E-state index contributed by atoms with van der Waals surface area (Å²) in [6.45, 7) is 6.93. The van der Waals surface area contributed by atoms with E-state index in [4.69, 9.17) is 0 Å². The van der Waals surface area contributed by atoms with Crippen molar-refractivity contribution in [2.24, 2.45) is 5.92 Å². The van der Waals surface area contributed by atoms with Gasteiger partial charge in [-0.25, -0.2) is 0 Å². The summed E-state index contributed by atoms with van der Waals surface area (Å²) in [5.74, 6) is 0.659. The number of carbonyl (C=O) groups excluding carboxylic acids is 1. The van der Waals surface area contributed by atoms with Crippen molar-refractivity contribution in [2.45, 2.75) is 38.4 Å². The fourth-order valence-corrected chi connectivity index (χ4v) is 0.949. The molecule has 0 bridgehead atoms. The third-order valence-corrected chi connectivity index (χ3v) is 2.14. The Labute approximate surface area is 83.2 Å². The average molecular weight is 236 g/mol. The van der Waals surface area contributed by atoms with E-state index in [1.165, 1.54) is 0 Å². The summed E-state index contributed by atoms with van der Waals surface area (Å²) in [7, 11) is 0. The quantitative estimate of drug-likeness (QED) is 0.729. The molecule has 2 nitrogen and oxygen atoms in total. The Hall–Kier alpha value is -0.0500. The van der Waals surface area contributed by atoms with Crippen molar-refractivity contribution in [3.8, 4) is 0 Å². The molecule has 2 atom stereocenters. The molecular weight excluding hydrogens is 218 g/mol. The zero-order valence-corrected chi connectivity index (χ0v) is 9.65. The molecule has 72 valence electrons. The Bertz CT molecular complexity index is 136. The number of hydrogen-bond acceptors (Lipinski definition) is 1. The second-order valence-electron chi connectivity index (χ2n) is 3.30. The van der Waals surface area contributed by atoms with Crippen molar-refractivity contribution < 1.29 is 4.79 Å². The lowest BCUT2D eigenvalue weighted by molar-refractivity contribution is -0.121. The molecule has 0 aromatic carbocycles. The monoisotopic (exact) mass is 235 g/mol. The molecule has 0 saturated heterocycles. The van der Waals surface area contributed by atoms with Gasteiger partial charge in [0, 0.05) is 17.8 Å². The molecule has 0 aromatic rings. The number of amides is 1. The van der Waals surface area contributed by atoms with Crippen molar-refractivity contribution in [1.82, 2.24) is 5.32 Å². The van der Waals surface area contributed by atoms with Crippen LogP contribution in [-0.2, 0) is 4.79 Å². The zero-order chi connectivity index (χ0) is 9.56. The molecule has 0 spiro atoms. The first-order valence-electron chi connectivity index (χ1n) is 4.47. The maximum Gasteiger partial charge on any atom is 0.220 e. The minimum Gasteiger partial charge on any atom is -0.355 e. The van der Waals surface area contributed by atoms with E-state index in [2.05, 4.69) is 35.1 Å². The highest BCUT2D eigenvalue weighted by Crippen LogP contribution is 2.05. The Morgan fingerprint density at radius 1 is 1.50 bits per heavy atom. The van der Waals surface area contributed by atoms with Crippen LogP contribution in [0.15, 0.2) is 0 Å². The summed E-state index contributed by atoms with van der Waals surface area (Å²) in [6, 6.07) is 0. The number of alkyl halides is 1. The predicted octanol–water partition coefficient (Wildman–Crippen LogP) is 2.32. The standard InChI is InChI=1S/C9H18BrNO/c1-4-7(2)5-9(12)11-6-8(3)10/h7-8H,4-6H2,1-3H3,(H,11,12). The van der Waals surface area contributed by atoms with E-state index < -0.39 is 0 Å². The van der Waals surface area contributed by atoms with Gasteiger partial charge in [-0.05, 0) is 5.92 Å². The normalized spacial score (nSPS) is 15.3. The van der Waals surface area contributed by atoms with Crippen LogP contribution in [0.3, 0.4) is 0 Å². The fourth-order valence-electron chi connectivity index (χ4n) is 0.787. The molecule has 0 aromatic heterocycles. The smallest absolute Gasteiger partial charge is 0.220 e. The maximum atomic E-state index is 11.2. The van der Waals surface area contributed by atoms with Crippen LogP contribution in [0.4, 0.5) is 0 Å². The van der Waals surface area contributed by atoms with Gasteiger partial charge in [-0.1, -0.05) is 43.1 Å². The summed E-state index contributed by atoms with van der Waals surface area (Å²) in [4.78, 5) is 11.5. The number of rotatable bonds is 5. The largest absolute Gasteiger partial charge is 0.355 e. The van der Waals surface area contributed by atoms with Gasteiger partial charge in [0.25, 0.3) is 0 Å². The highest BCUT2D eigenvalue weighted by Gasteiger charge is 2.06. The van der Waals surface area contributed by atoms with E-state index in [0.29, 0.717) is 17.2 Å². The number of carbonyl (C=O) groups is 1. The molecule has 1 N–H and O–H groups in total. The molecule has 0 aliphatic carbocycles. The Kier molecular flexibility index (Phi) is 6.44. The summed E-state index contributed by atoms with van der Waals surface area (Å²) in [6.07, 6.45) is 1.72. The molecule has 12 heavy (non-hydrogen) atoms. The van der Waals surface area contributed by atoms with Crippen molar-refractivity contribution in [2.75, 3.05) is 6.54 Å². The Morgan fingerprint density at radius 3 is 2.50 bits per heavy atom. The minimum absolute atomic E-state index is 0.163. The van der Waals surface area contributed by atoms with Crippen molar-refractivity contribution in [3.05, 3.63) is 0 Å². The van der Waals surface area contributed by atoms with Crippen LogP contribution in [0, 0.1) is 5.92 Å². The van der Waals surface area contributed by atoms with E-state index in [-0.39, 0.29) is 5.91 Å².